The predicted octanol–water partition coefficient (Wildman–Crippen LogP) is 0.297. The van der Waals surface area contributed by atoms with Crippen LogP contribution in [0.2, 0.25) is 0 Å². The highest BCUT2D eigenvalue weighted by molar-refractivity contribution is 4.82. The smallest absolute Gasteiger partial charge is 0.108 e. The summed E-state index contributed by atoms with van der Waals surface area (Å²) in [5, 5.41) is 18.4. The highest BCUT2D eigenvalue weighted by Crippen LogP contribution is 2.18. The first-order valence-corrected chi connectivity index (χ1v) is 4.23. The normalized spacial score (nSPS) is 37.9. The lowest BCUT2D eigenvalue weighted by atomic mass is 10.1. The fourth-order valence-corrected chi connectivity index (χ4v) is 1.33. The molecule has 3 unspecified atom stereocenters. The SMILES string of the molecule is CCCCC1OCC(O)C1O. The van der Waals surface area contributed by atoms with E-state index >= 15 is 0 Å². The van der Waals surface area contributed by atoms with Crippen LogP contribution in [0, 0.1) is 0 Å². The topological polar surface area (TPSA) is 49.7 Å². The zero-order chi connectivity index (χ0) is 8.27. The molecule has 1 aliphatic rings. The average molecular weight is 160 g/mol. The molecule has 1 heterocycles. The first-order valence-electron chi connectivity index (χ1n) is 4.23. The Morgan fingerprint density at radius 3 is 2.64 bits per heavy atom. The van der Waals surface area contributed by atoms with E-state index in [1.165, 1.54) is 0 Å². The van der Waals surface area contributed by atoms with E-state index in [-0.39, 0.29) is 12.7 Å². The van der Waals surface area contributed by atoms with Crippen molar-refractivity contribution in [1.82, 2.24) is 0 Å². The molecule has 1 saturated heterocycles. The fourth-order valence-electron chi connectivity index (χ4n) is 1.33. The summed E-state index contributed by atoms with van der Waals surface area (Å²) in [6.07, 6.45) is 1.54. The predicted molar refractivity (Wildman–Crippen MR) is 41.3 cm³/mol. The molecule has 66 valence electrons. The molecule has 3 nitrogen and oxygen atoms in total. The Morgan fingerprint density at radius 2 is 2.18 bits per heavy atom. The van der Waals surface area contributed by atoms with Crippen LogP contribution in [0.4, 0.5) is 0 Å². The summed E-state index contributed by atoms with van der Waals surface area (Å²) in [5.41, 5.74) is 0. The van der Waals surface area contributed by atoms with Crippen molar-refractivity contribution in [2.45, 2.75) is 44.5 Å². The second kappa shape index (κ2) is 4.04. The number of ether oxygens (including phenoxy) is 1. The Morgan fingerprint density at radius 1 is 1.45 bits per heavy atom. The fraction of sp³-hybridized carbons (Fsp3) is 1.00. The van der Waals surface area contributed by atoms with Gasteiger partial charge >= 0.3 is 0 Å². The maximum Gasteiger partial charge on any atom is 0.108 e. The first-order chi connectivity index (χ1) is 5.25. The van der Waals surface area contributed by atoms with Crippen molar-refractivity contribution in [3.8, 4) is 0 Å². The second-order valence-electron chi connectivity index (χ2n) is 3.07. The molecule has 3 atom stereocenters. The lowest BCUT2D eigenvalue weighted by Gasteiger charge is -2.13. The average Bonchev–Trinajstić information content (AvgIpc) is 2.31. The van der Waals surface area contributed by atoms with Crippen molar-refractivity contribution in [1.29, 1.82) is 0 Å². The summed E-state index contributed by atoms with van der Waals surface area (Å²) >= 11 is 0. The van der Waals surface area contributed by atoms with E-state index < -0.39 is 12.2 Å². The maximum atomic E-state index is 9.31. The molecule has 0 spiro atoms. The molecule has 0 radical (unpaired) electrons. The van der Waals surface area contributed by atoms with Crippen LogP contribution in [0.5, 0.6) is 0 Å². The zero-order valence-corrected chi connectivity index (χ0v) is 6.86. The van der Waals surface area contributed by atoms with E-state index in [1.54, 1.807) is 0 Å². The summed E-state index contributed by atoms with van der Waals surface area (Å²) in [6, 6.07) is 0. The third kappa shape index (κ3) is 2.15. The zero-order valence-electron chi connectivity index (χ0n) is 6.86. The van der Waals surface area contributed by atoms with Crippen LogP contribution in [-0.2, 0) is 4.74 Å². The van der Waals surface area contributed by atoms with E-state index in [0.717, 1.165) is 19.3 Å². The summed E-state index contributed by atoms with van der Waals surface area (Å²) in [6.45, 7) is 2.38. The minimum absolute atomic E-state index is 0.134. The van der Waals surface area contributed by atoms with Gasteiger partial charge in [0.15, 0.2) is 0 Å². The number of hydrogen-bond acceptors (Lipinski definition) is 3. The van der Waals surface area contributed by atoms with Crippen molar-refractivity contribution in [3.63, 3.8) is 0 Å². The van der Waals surface area contributed by atoms with Gasteiger partial charge in [0, 0.05) is 0 Å². The van der Waals surface area contributed by atoms with Gasteiger partial charge in [-0.25, -0.2) is 0 Å². The van der Waals surface area contributed by atoms with Crippen molar-refractivity contribution in [2.75, 3.05) is 6.61 Å². The van der Waals surface area contributed by atoms with Gasteiger partial charge < -0.3 is 14.9 Å². The van der Waals surface area contributed by atoms with Gasteiger partial charge in [0.05, 0.1) is 12.7 Å². The Bertz CT molecular complexity index is 116. The molecule has 0 aliphatic carbocycles. The highest BCUT2D eigenvalue weighted by atomic mass is 16.5. The maximum absolute atomic E-state index is 9.31. The highest BCUT2D eigenvalue weighted by Gasteiger charge is 2.33. The van der Waals surface area contributed by atoms with Crippen LogP contribution in [0.3, 0.4) is 0 Å². The largest absolute Gasteiger partial charge is 0.388 e. The van der Waals surface area contributed by atoms with E-state index in [4.69, 9.17) is 9.84 Å². The van der Waals surface area contributed by atoms with Crippen LogP contribution in [0.15, 0.2) is 0 Å². The standard InChI is InChI=1S/C8H16O3/c1-2-3-4-7-8(10)6(9)5-11-7/h6-10H,2-5H2,1H3. The van der Waals surface area contributed by atoms with E-state index in [9.17, 15) is 5.11 Å². The van der Waals surface area contributed by atoms with Crippen LogP contribution in [0.25, 0.3) is 0 Å². The molecule has 1 aliphatic heterocycles. The molecular weight excluding hydrogens is 144 g/mol. The molecule has 2 N–H and O–H groups in total. The lowest BCUT2D eigenvalue weighted by Crippen LogP contribution is -2.29. The Hall–Kier alpha value is -0.120. The summed E-state index contributed by atoms with van der Waals surface area (Å²) in [4.78, 5) is 0. The monoisotopic (exact) mass is 160 g/mol. The lowest BCUT2D eigenvalue weighted by molar-refractivity contribution is 0.0185. The third-order valence-electron chi connectivity index (χ3n) is 2.10. The van der Waals surface area contributed by atoms with Gasteiger partial charge in [0.2, 0.25) is 0 Å². The van der Waals surface area contributed by atoms with E-state index in [1.807, 2.05) is 0 Å². The quantitative estimate of drug-likeness (QED) is 0.624. The minimum Gasteiger partial charge on any atom is -0.388 e. The summed E-state index contributed by atoms with van der Waals surface area (Å²) < 4.78 is 5.18. The van der Waals surface area contributed by atoms with Gasteiger partial charge in [-0.15, -0.1) is 0 Å². The van der Waals surface area contributed by atoms with Gasteiger partial charge in [-0.05, 0) is 6.42 Å². The van der Waals surface area contributed by atoms with Crippen molar-refractivity contribution >= 4 is 0 Å². The Labute approximate surface area is 67.0 Å². The van der Waals surface area contributed by atoms with Gasteiger partial charge in [-0.1, -0.05) is 19.8 Å². The van der Waals surface area contributed by atoms with E-state index in [2.05, 4.69) is 6.92 Å². The molecule has 11 heavy (non-hydrogen) atoms. The number of aliphatic hydroxyl groups excluding tert-OH is 2. The number of unbranched alkanes of at least 4 members (excludes halogenated alkanes) is 1. The van der Waals surface area contributed by atoms with Gasteiger partial charge in [-0.3, -0.25) is 0 Å². The summed E-state index contributed by atoms with van der Waals surface area (Å²) in [5.74, 6) is 0. The second-order valence-corrected chi connectivity index (χ2v) is 3.07. The molecule has 0 bridgehead atoms. The molecule has 0 aromatic heterocycles. The molecule has 3 heteroatoms. The van der Waals surface area contributed by atoms with Crippen LogP contribution < -0.4 is 0 Å². The molecule has 0 aromatic carbocycles. The minimum atomic E-state index is -0.670. The van der Waals surface area contributed by atoms with Crippen LogP contribution in [-0.4, -0.2) is 35.1 Å². The molecule has 1 rings (SSSR count). The van der Waals surface area contributed by atoms with Crippen molar-refractivity contribution < 1.29 is 14.9 Å². The molecule has 1 fully saturated rings. The number of rotatable bonds is 3. The van der Waals surface area contributed by atoms with Crippen molar-refractivity contribution in [2.24, 2.45) is 0 Å². The Kier molecular flexibility index (Phi) is 3.30. The first kappa shape index (κ1) is 8.97. The van der Waals surface area contributed by atoms with E-state index in [0.29, 0.717) is 0 Å². The van der Waals surface area contributed by atoms with Crippen LogP contribution in [0.1, 0.15) is 26.2 Å². The number of aliphatic hydroxyl groups is 2. The summed E-state index contributed by atoms with van der Waals surface area (Å²) in [7, 11) is 0. The number of hydrogen-bond donors (Lipinski definition) is 2. The van der Waals surface area contributed by atoms with Gasteiger partial charge in [-0.2, -0.15) is 0 Å². The Balaban J connectivity index is 2.24. The van der Waals surface area contributed by atoms with Gasteiger partial charge in [0.1, 0.15) is 12.2 Å². The molecule has 0 saturated carbocycles. The molecular formula is C8H16O3. The third-order valence-corrected chi connectivity index (χ3v) is 2.10. The molecule has 0 aromatic rings. The van der Waals surface area contributed by atoms with Crippen LogP contribution >= 0.6 is 0 Å². The molecule has 0 amide bonds. The van der Waals surface area contributed by atoms with Crippen molar-refractivity contribution in [3.05, 3.63) is 0 Å². The van der Waals surface area contributed by atoms with Gasteiger partial charge in [0.25, 0.3) is 0 Å².